The van der Waals surface area contributed by atoms with Gasteiger partial charge in [0.15, 0.2) is 0 Å². The van der Waals surface area contributed by atoms with Crippen LogP contribution in [0.4, 0.5) is 0 Å². The minimum Gasteiger partial charge on any atom is -0.252 e. The lowest BCUT2D eigenvalue weighted by Gasteiger charge is -2.19. The lowest BCUT2D eigenvalue weighted by atomic mass is 9.84. The van der Waals surface area contributed by atoms with Crippen LogP contribution in [-0.4, -0.2) is 9.97 Å². The van der Waals surface area contributed by atoms with Crippen molar-refractivity contribution in [1.29, 1.82) is 0 Å². The van der Waals surface area contributed by atoms with Gasteiger partial charge < -0.3 is 0 Å². The molecule has 2 nitrogen and oxygen atoms in total. The second kappa shape index (κ2) is 12.8. The van der Waals surface area contributed by atoms with Gasteiger partial charge in [0.25, 0.3) is 0 Å². The number of fused-ring (bicyclic) bond motifs is 3. The van der Waals surface area contributed by atoms with Crippen LogP contribution in [0.1, 0.15) is 0 Å². The molecule has 0 saturated heterocycles. The van der Waals surface area contributed by atoms with Crippen molar-refractivity contribution in [3.05, 3.63) is 181 Å². The van der Waals surface area contributed by atoms with Gasteiger partial charge in [-0.15, -0.1) is 22.7 Å². The van der Waals surface area contributed by atoms with E-state index >= 15 is 0 Å². The van der Waals surface area contributed by atoms with E-state index in [1.54, 1.807) is 22.7 Å². The zero-order valence-corrected chi connectivity index (χ0v) is 29.7. The van der Waals surface area contributed by atoms with Crippen LogP contribution in [0.25, 0.3) is 97.7 Å². The summed E-state index contributed by atoms with van der Waals surface area (Å²) in [4.78, 5) is 11.1. The number of rotatable bonds is 6. The van der Waals surface area contributed by atoms with Crippen LogP contribution in [0, 0.1) is 0 Å². The van der Waals surface area contributed by atoms with E-state index in [1.807, 2.05) is 23.4 Å². The molecule has 52 heavy (non-hydrogen) atoms. The summed E-state index contributed by atoms with van der Waals surface area (Å²) < 4.78 is 0. The van der Waals surface area contributed by atoms with E-state index in [9.17, 15) is 0 Å². The van der Waals surface area contributed by atoms with Crippen LogP contribution < -0.4 is 0 Å². The molecular weight excluding hydrogens is 669 g/mol. The van der Waals surface area contributed by atoms with Crippen molar-refractivity contribution in [1.82, 2.24) is 9.97 Å². The van der Waals surface area contributed by atoms with Crippen molar-refractivity contribution < 1.29 is 0 Å². The van der Waals surface area contributed by atoms with Gasteiger partial charge in [-0.05, 0) is 106 Å². The standard InChI is InChI=1S/C48H30N2S2/c1-2-14-39-32(8-1)9-7-17-40(39)33-20-18-31(19-21-33)34-22-23-43-44(26-34)48(38-13-6-11-36(25-38)46-28-50-30-52-46)42-16-4-3-15-41(42)47(43)37-12-5-10-35(24-37)45-27-49-29-51-45/h1-30H. The molecule has 0 amide bonds. The van der Waals surface area contributed by atoms with Gasteiger partial charge in [0.2, 0.25) is 0 Å². The molecule has 4 heteroatoms. The topological polar surface area (TPSA) is 25.8 Å². The third-order valence-corrected chi connectivity index (χ3v) is 11.7. The second-order valence-corrected chi connectivity index (χ2v) is 14.8. The Morgan fingerprint density at radius 1 is 0.327 bits per heavy atom. The Bertz CT molecular complexity index is 2880. The zero-order valence-electron chi connectivity index (χ0n) is 28.0. The van der Waals surface area contributed by atoms with E-state index in [0.29, 0.717) is 0 Å². The van der Waals surface area contributed by atoms with Gasteiger partial charge in [-0.1, -0.05) is 140 Å². The van der Waals surface area contributed by atoms with E-state index < -0.39 is 0 Å². The summed E-state index contributed by atoms with van der Waals surface area (Å²) in [5.41, 5.74) is 15.9. The third-order valence-electron chi connectivity index (χ3n) is 10.1. The van der Waals surface area contributed by atoms with Crippen LogP contribution >= 0.6 is 22.7 Å². The molecular formula is C48H30N2S2. The average molecular weight is 699 g/mol. The number of hydrogen-bond donors (Lipinski definition) is 0. The molecule has 2 aromatic heterocycles. The number of benzene rings is 8. The summed E-state index contributed by atoms with van der Waals surface area (Å²) in [6, 6.07) is 58.0. The molecule has 0 aliphatic rings. The average Bonchev–Trinajstić information content (AvgIpc) is 3.96. The van der Waals surface area contributed by atoms with Crippen LogP contribution in [0.5, 0.6) is 0 Å². The summed E-state index contributed by atoms with van der Waals surface area (Å²) in [5, 5.41) is 7.46. The normalized spacial score (nSPS) is 11.5. The number of aromatic nitrogens is 2. The fourth-order valence-electron chi connectivity index (χ4n) is 7.67. The van der Waals surface area contributed by atoms with E-state index in [-0.39, 0.29) is 0 Å². The van der Waals surface area contributed by atoms with E-state index in [1.165, 1.54) is 97.7 Å². The summed E-state index contributed by atoms with van der Waals surface area (Å²) in [7, 11) is 0. The van der Waals surface area contributed by atoms with Crippen molar-refractivity contribution in [2.45, 2.75) is 0 Å². The maximum absolute atomic E-state index is 4.37. The smallest absolute Gasteiger partial charge is 0.0797 e. The molecule has 0 spiro atoms. The molecule has 10 aromatic rings. The molecule has 0 unspecified atom stereocenters. The first-order valence-corrected chi connectivity index (χ1v) is 19.1. The van der Waals surface area contributed by atoms with Gasteiger partial charge in [0.05, 0.1) is 20.8 Å². The first-order chi connectivity index (χ1) is 25.8. The SMILES string of the molecule is c1cc(-c2cncs2)cc(-c2c3ccccc3c(-c3cccc(-c4cncs4)c3)c3cc(-c4ccc(-c5cccc6ccccc56)cc4)ccc23)c1. The maximum Gasteiger partial charge on any atom is 0.0797 e. The summed E-state index contributed by atoms with van der Waals surface area (Å²) in [6.45, 7) is 0. The molecule has 0 aliphatic heterocycles. The lowest BCUT2D eigenvalue weighted by molar-refractivity contribution is 1.42. The number of nitrogens with zero attached hydrogens (tertiary/aromatic N) is 2. The molecule has 0 saturated carbocycles. The molecule has 0 radical (unpaired) electrons. The molecule has 10 rings (SSSR count). The van der Waals surface area contributed by atoms with Gasteiger partial charge in [-0.2, -0.15) is 0 Å². The molecule has 8 aromatic carbocycles. The molecule has 0 N–H and O–H groups in total. The zero-order chi connectivity index (χ0) is 34.4. The van der Waals surface area contributed by atoms with Crippen LogP contribution in [0.3, 0.4) is 0 Å². The van der Waals surface area contributed by atoms with Gasteiger partial charge in [-0.3, -0.25) is 9.97 Å². The monoisotopic (exact) mass is 698 g/mol. The van der Waals surface area contributed by atoms with Crippen LogP contribution in [-0.2, 0) is 0 Å². The van der Waals surface area contributed by atoms with E-state index in [2.05, 4.69) is 168 Å². The van der Waals surface area contributed by atoms with Gasteiger partial charge in [0.1, 0.15) is 0 Å². The van der Waals surface area contributed by atoms with Crippen LogP contribution in [0.2, 0.25) is 0 Å². The highest BCUT2D eigenvalue weighted by molar-refractivity contribution is 7.13. The van der Waals surface area contributed by atoms with Gasteiger partial charge in [-0.25, -0.2) is 0 Å². The first-order valence-electron chi connectivity index (χ1n) is 17.3. The van der Waals surface area contributed by atoms with Crippen molar-refractivity contribution >= 4 is 55.0 Å². The van der Waals surface area contributed by atoms with Crippen molar-refractivity contribution in [3.63, 3.8) is 0 Å². The third kappa shape index (κ3) is 5.32. The molecule has 244 valence electrons. The highest BCUT2D eigenvalue weighted by Crippen LogP contribution is 2.46. The minimum atomic E-state index is 1.17. The summed E-state index contributed by atoms with van der Waals surface area (Å²) in [5.74, 6) is 0. The Morgan fingerprint density at radius 3 is 1.46 bits per heavy atom. The molecule has 0 bridgehead atoms. The van der Waals surface area contributed by atoms with E-state index in [4.69, 9.17) is 0 Å². The fourth-order valence-corrected chi connectivity index (χ4v) is 8.91. The Kier molecular flexibility index (Phi) is 7.56. The Morgan fingerprint density at radius 2 is 0.827 bits per heavy atom. The highest BCUT2D eigenvalue weighted by Gasteiger charge is 2.19. The van der Waals surface area contributed by atoms with E-state index in [0.717, 1.165) is 0 Å². The molecule has 0 fully saturated rings. The maximum atomic E-state index is 4.37. The predicted molar refractivity (Wildman–Crippen MR) is 223 cm³/mol. The largest absolute Gasteiger partial charge is 0.252 e. The summed E-state index contributed by atoms with van der Waals surface area (Å²) >= 11 is 3.34. The second-order valence-electron chi connectivity index (χ2n) is 13.1. The lowest BCUT2D eigenvalue weighted by Crippen LogP contribution is -1.92. The van der Waals surface area contributed by atoms with Gasteiger partial charge in [0, 0.05) is 12.4 Å². The van der Waals surface area contributed by atoms with Crippen molar-refractivity contribution in [2.24, 2.45) is 0 Å². The highest BCUT2D eigenvalue weighted by atomic mass is 32.1. The van der Waals surface area contributed by atoms with Gasteiger partial charge >= 0.3 is 0 Å². The number of thiazole rings is 2. The first kappa shape index (κ1) is 30.6. The molecule has 0 atom stereocenters. The Labute approximate surface area is 310 Å². The number of hydrogen-bond acceptors (Lipinski definition) is 4. The molecule has 2 heterocycles. The quantitative estimate of drug-likeness (QED) is 0.162. The fraction of sp³-hybridized carbons (Fsp3) is 0. The van der Waals surface area contributed by atoms with Crippen molar-refractivity contribution in [3.8, 4) is 65.4 Å². The molecule has 0 aliphatic carbocycles. The van der Waals surface area contributed by atoms with Crippen LogP contribution in [0.15, 0.2) is 181 Å². The predicted octanol–water partition coefficient (Wildman–Crippen LogP) is 14.1. The Hall–Kier alpha value is -6.20. The minimum absolute atomic E-state index is 1.17. The summed E-state index contributed by atoms with van der Waals surface area (Å²) in [6.07, 6.45) is 3.91. The van der Waals surface area contributed by atoms with Crippen molar-refractivity contribution in [2.75, 3.05) is 0 Å². The Balaban J connectivity index is 1.20.